The highest BCUT2D eigenvalue weighted by atomic mass is 79.9. The third-order valence-corrected chi connectivity index (χ3v) is 5.35. The molecule has 0 aliphatic rings. The fraction of sp³-hybridized carbons (Fsp3) is 0.462. The molecule has 0 saturated heterocycles. The third-order valence-electron chi connectivity index (χ3n) is 2.87. The van der Waals surface area contributed by atoms with Gasteiger partial charge in [0.15, 0.2) is 0 Å². The molecule has 1 amide bonds. The smallest absolute Gasteiger partial charge is 0.241 e. The molecule has 1 aromatic rings. The monoisotopic (exact) mass is 362 g/mol. The first-order valence-electron chi connectivity index (χ1n) is 6.44. The van der Waals surface area contributed by atoms with Crippen molar-refractivity contribution in [3.05, 3.63) is 28.7 Å². The van der Waals surface area contributed by atoms with Crippen LogP contribution in [-0.2, 0) is 14.8 Å². The van der Waals surface area contributed by atoms with Crippen LogP contribution in [0.2, 0.25) is 0 Å². The number of amides is 1. The van der Waals surface area contributed by atoms with Crippen molar-refractivity contribution in [2.75, 3.05) is 19.6 Å². The van der Waals surface area contributed by atoms with Crippen molar-refractivity contribution in [2.45, 2.75) is 25.2 Å². The number of carbonyl (C=O) groups excluding carboxylic acids is 1. The summed E-state index contributed by atoms with van der Waals surface area (Å²) in [4.78, 5) is 13.6. The second-order valence-corrected chi connectivity index (χ2v) is 6.73. The number of rotatable bonds is 7. The Balaban J connectivity index is 2.62. The first-order chi connectivity index (χ1) is 9.42. The highest BCUT2D eigenvalue weighted by molar-refractivity contribution is 9.10. The largest absolute Gasteiger partial charge is 0.343 e. The van der Waals surface area contributed by atoms with E-state index in [2.05, 4.69) is 20.7 Å². The molecule has 0 radical (unpaired) electrons. The highest BCUT2D eigenvalue weighted by Crippen LogP contribution is 2.20. The summed E-state index contributed by atoms with van der Waals surface area (Å²) in [7, 11) is -3.59. The molecular weight excluding hydrogens is 344 g/mol. The van der Waals surface area contributed by atoms with Gasteiger partial charge in [0.25, 0.3) is 0 Å². The topological polar surface area (TPSA) is 66.5 Å². The first-order valence-corrected chi connectivity index (χ1v) is 8.72. The number of benzene rings is 1. The van der Waals surface area contributed by atoms with Crippen molar-refractivity contribution in [2.24, 2.45) is 0 Å². The van der Waals surface area contributed by atoms with Crippen molar-refractivity contribution >= 4 is 31.9 Å². The summed E-state index contributed by atoms with van der Waals surface area (Å²) >= 11 is 3.20. The van der Waals surface area contributed by atoms with Gasteiger partial charge in [0.2, 0.25) is 15.9 Å². The van der Waals surface area contributed by atoms with Crippen LogP contribution in [-0.4, -0.2) is 38.9 Å². The van der Waals surface area contributed by atoms with Crippen molar-refractivity contribution in [1.82, 2.24) is 9.62 Å². The van der Waals surface area contributed by atoms with E-state index in [1.165, 1.54) is 6.07 Å². The molecule has 0 aromatic heterocycles. The lowest BCUT2D eigenvalue weighted by Crippen LogP contribution is -2.34. The van der Waals surface area contributed by atoms with Crippen LogP contribution in [0.1, 0.15) is 20.3 Å². The first kappa shape index (κ1) is 17.1. The van der Waals surface area contributed by atoms with E-state index in [0.717, 1.165) is 0 Å². The summed E-state index contributed by atoms with van der Waals surface area (Å²) in [5.74, 6) is -0.0511. The van der Waals surface area contributed by atoms with E-state index in [1.54, 1.807) is 23.1 Å². The zero-order valence-electron chi connectivity index (χ0n) is 11.6. The van der Waals surface area contributed by atoms with Gasteiger partial charge in [-0.2, -0.15) is 0 Å². The molecule has 1 N–H and O–H groups in total. The highest BCUT2D eigenvalue weighted by Gasteiger charge is 2.17. The number of nitrogens with one attached hydrogen (secondary N) is 1. The van der Waals surface area contributed by atoms with E-state index in [-0.39, 0.29) is 23.8 Å². The molecule has 0 atom stereocenters. The van der Waals surface area contributed by atoms with Gasteiger partial charge >= 0.3 is 0 Å². The minimum atomic E-state index is -3.59. The fourth-order valence-corrected chi connectivity index (χ4v) is 3.80. The number of halogens is 1. The zero-order valence-corrected chi connectivity index (χ0v) is 14.0. The van der Waals surface area contributed by atoms with Gasteiger partial charge in [0.05, 0.1) is 4.90 Å². The van der Waals surface area contributed by atoms with Crippen LogP contribution in [0.25, 0.3) is 0 Å². The number of nitrogens with zero attached hydrogens (tertiary/aromatic N) is 1. The van der Waals surface area contributed by atoms with Crippen LogP contribution < -0.4 is 4.72 Å². The van der Waals surface area contributed by atoms with Gasteiger partial charge in [-0.15, -0.1) is 0 Å². The average molecular weight is 363 g/mol. The fourth-order valence-electron chi connectivity index (χ4n) is 1.77. The summed E-state index contributed by atoms with van der Waals surface area (Å²) in [6.45, 7) is 5.15. The second-order valence-electron chi connectivity index (χ2n) is 4.14. The van der Waals surface area contributed by atoms with Gasteiger partial charge < -0.3 is 4.90 Å². The minimum absolute atomic E-state index is 0.0511. The molecule has 5 nitrogen and oxygen atoms in total. The van der Waals surface area contributed by atoms with E-state index in [9.17, 15) is 13.2 Å². The molecule has 1 rings (SSSR count). The Morgan fingerprint density at radius 1 is 1.25 bits per heavy atom. The Kier molecular flexibility index (Phi) is 6.64. The maximum absolute atomic E-state index is 12.1. The molecule has 7 heteroatoms. The molecule has 0 spiro atoms. The van der Waals surface area contributed by atoms with Crippen LogP contribution in [0, 0.1) is 0 Å². The normalized spacial score (nSPS) is 11.3. The van der Waals surface area contributed by atoms with Crippen LogP contribution >= 0.6 is 15.9 Å². The Hall–Kier alpha value is -0.920. The number of hydrogen-bond donors (Lipinski definition) is 1. The molecule has 0 aliphatic heterocycles. The zero-order chi connectivity index (χ0) is 15.2. The Labute approximate surface area is 128 Å². The van der Waals surface area contributed by atoms with Gasteiger partial charge in [-0.1, -0.05) is 12.1 Å². The minimum Gasteiger partial charge on any atom is -0.343 e. The van der Waals surface area contributed by atoms with E-state index in [1.807, 2.05) is 13.8 Å². The molecule has 20 heavy (non-hydrogen) atoms. The SMILES string of the molecule is CCN(CC)C(=O)CCNS(=O)(=O)c1ccccc1Br. The Morgan fingerprint density at radius 2 is 1.85 bits per heavy atom. The molecular formula is C13H19BrN2O3S. The Bertz CT molecular complexity index is 556. The predicted octanol–water partition coefficient (Wildman–Crippen LogP) is 1.99. The molecule has 1 aromatic carbocycles. The van der Waals surface area contributed by atoms with Gasteiger partial charge in [0.1, 0.15) is 0 Å². The van der Waals surface area contributed by atoms with Crippen molar-refractivity contribution in [3.8, 4) is 0 Å². The summed E-state index contributed by atoms with van der Waals surface area (Å²) in [5, 5.41) is 0. The van der Waals surface area contributed by atoms with Crippen molar-refractivity contribution in [3.63, 3.8) is 0 Å². The average Bonchev–Trinajstić information content (AvgIpc) is 2.40. The second kappa shape index (κ2) is 7.75. The lowest BCUT2D eigenvalue weighted by molar-refractivity contribution is -0.130. The lowest BCUT2D eigenvalue weighted by atomic mass is 10.3. The molecule has 0 heterocycles. The molecule has 0 aliphatic carbocycles. The third kappa shape index (κ3) is 4.57. The van der Waals surface area contributed by atoms with Gasteiger partial charge in [-0.3, -0.25) is 4.79 Å². The molecule has 0 bridgehead atoms. The van der Waals surface area contributed by atoms with Gasteiger partial charge in [0, 0.05) is 30.5 Å². The van der Waals surface area contributed by atoms with Crippen LogP contribution in [0.5, 0.6) is 0 Å². The quantitative estimate of drug-likeness (QED) is 0.806. The Morgan fingerprint density at radius 3 is 2.40 bits per heavy atom. The van der Waals surface area contributed by atoms with Crippen LogP contribution in [0.15, 0.2) is 33.6 Å². The van der Waals surface area contributed by atoms with Crippen molar-refractivity contribution < 1.29 is 13.2 Å². The summed E-state index contributed by atoms with van der Waals surface area (Å²) < 4.78 is 27.1. The molecule has 0 unspecified atom stereocenters. The van der Waals surface area contributed by atoms with E-state index >= 15 is 0 Å². The number of sulfonamides is 1. The van der Waals surface area contributed by atoms with Crippen molar-refractivity contribution in [1.29, 1.82) is 0 Å². The maximum atomic E-state index is 12.1. The lowest BCUT2D eigenvalue weighted by Gasteiger charge is -2.18. The standard InChI is InChI=1S/C13H19BrN2O3S/c1-3-16(4-2)13(17)9-10-15-20(18,19)12-8-6-5-7-11(12)14/h5-8,15H,3-4,9-10H2,1-2H3. The van der Waals surface area contributed by atoms with E-state index in [0.29, 0.717) is 17.6 Å². The predicted molar refractivity (Wildman–Crippen MR) is 81.9 cm³/mol. The van der Waals surface area contributed by atoms with Crippen LogP contribution in [0.3, 0.4) is 0 Å². The van der Waals surface area contributed by atoms with E-state index in [4.69, 9.17) is 0 Å². The maximum Gasteiger partial charge on any atom is 0.241 e. The van der Waals surface area contributed by atoms with Crippen LogP contribution in [0.4, 0.5) is 0 Å². The summed E-state index contributed by atoms with van der Waals surface area (Å²) in [6.07, 6.45) is 0.158. The number of hydrogen-bond acceptors (Lipinski definition) is 3. The number of carbonyl (C=O) groups is 1. The van der Waals surface area contributed by atoms with Gasteiger partial charge in [-0.25, -0.2) is 13.1 Å². The van der Waals surface area contributed by atoms with Gasteiger partial charge in [-0.05, 0) is 41.9 Å². The summed E-state index contributed by atoms with van der Waals surface area (Å²) in [6, 6.07) is 6.57. The summed E-state index contributed by atoms with van der Waals surface area (Å²) in [5.41, 5.74) is 0. The molecule has 0 saturated carbocycles. The van der Waals surface area contributed by atoms with E-state index < -0.39 is 10.0 Å². The molecule has 112 valence electrons. The molecule has 0 fully saturated rings.